The fourth-order valence-electron chi connectivity index (χ4n) is 3.68. The molecule has 0 saturated heterocycles. The van der Waals surface area contributed by atoms with Crippen LogP contribution in [0.5, 0.6) is 0 Å². The summed E-state index contributed by atoms with van der Waals surface area (Å²) in [7, 11) is 0. The van der Waals surface area contributed by atoms with Crippen molar-refractivity contribution in [2.24, 2.45) is 0 Å². The van der Waals surface area contributed by atoms with Crippen LogP contribution in [-0.2, 0) is 25.9 Å². The fourth-order valence-corrected chi connectivity index (χ4v) is 3.68. The Morgan fingerprint density at radius 1 is 1.14 bits per heavy atom. The molecule has 0 amide bonds. The van der Waals surface area contributed by atoms with Gasteiger partial charge >= 0.3 is 5.69 Å². The van der Waals surface area contributed by atoms with Crippen molar-refractivity contribution < 1.29 is 4.52 Å². The second kappa shape index (κ2) is 7.05. The van der Waals surface area contributed by atoms with Crippen LogP contribution >= 0.6 is 0 Å². The smallest absolute Gasteiger partial charge is 0.339 e. The van der Waals surface area contributed by atoms with E-state index < -0.39 is 0 Å². The van der Waals surface area contributed by atoms with Crippen molar-refractivity contribution in [1.29, 1.82) is 0 Å². The van der Waals surface area contributed by atoms with E-state index in [4.69, 9.17) is 4.52 Å². The van der Waals surface area contributed by atoms with E-state index >= 15 is 0 Å². The molecule has 4 heterocycles. The molecule has 0 aliphatic carbocycles. The summed E-state index contributed by atoms with van der Waals surface area (Å²) in [5.41, 5.74) is 3.16. The highest BCUT2D eigenvalue weighted by molar-refractivity contribution is 5.35. The molecule has 0 saturated carbocycles. The van der Waals surface area contributed by atoms with Crippen LogP contribution in [0, 0.1) is 0 Å². The van der Waals surface area contributed by atoms with Crippen molar-refractivity contribution in [2.75, 3.05) is 0 Å². The molecule has 1 N–H and O–H groups in total. The van der Waals surface area contributed by atoms with Crippen LogP contribution in [0.1, 0.15) is 29.3 Å². The number of hydrogen-bond acceptors (Lipinski definition) is 6. The molecular weight excluding hydrogens is 356 g/mol. The molecule has 0 bridgehead atoms. The maximum Gasteiger partial charge on any atom is 0.350 e. The van der Waals surface area contributed by atoms with Gasteiger partial charge in [0.15, 0.2) is 11.5 Å². The van der Waals surface area contributed by atoms with Gasteiger partial charge in [-0.25, -0.2) is 9.48 Å². The van der Waals surface area contributed by atoms with E-state index in [-0.39, 0.29) is 12.2 Å². The lowest BCUT2D eigenvalue weighted by molar-refractivity contribution is 0.355. The van der Waals surface area contributed by atoms with E-state index in [9.17, 15) is 4.79 Å². The molecule has 0 radical (unpaired) electrons. The van der Waals surface area contributed by atoms with Gasteiger partial charge in [0.2, 0.25) is 5.89 Å². The second-order valence-electron chi connectivity index (χ2n) is 7.06. The lowest BCUT2D eigenvalue weighted by Gasteiger charge is -2.25. The van der Waals surface area contributed by atoms with Crippen molar-refractivity contribution in [3.63, 3.8) is 0 Å². The molecule has 8 heteroatoms. The summed E-state index contributed by atoms with van der Waals surface area (Å²) in [5, 5.41) is 11.9. The van der Waals surface area contributed by atoms with Crippen molar-refractivity contribution in [2.45, 2.75) is 38.4 Å². The van der Waals surface area contributed by atoms with Crippen molar-refractivity contribution in [3.05, 3.63) is 82.0 Å². The summed E-state index contributed by atoms with van der Waals surface area (Å²) in [4.78, 5) is 16.8. The van der Waals surface area contributed by atoms with Crippen LogP contribution in [0.25, 0.3) is 5.65 Å². The number of aromatic nitrogens is 5. The standard InChI is InChI=1S/C20H20N6O2/c27-20-25-10-4-3-7-18(25)23-26(20)13-17-22-19(28-24-17)9-8-16-11-14-5-1-2-6-15(14)12-21-16/h1-7,10,16,21H,8-9,11-13H2. The third kappa shape index (κ3) is 3.22. The second-order valence-corrected chi connectivity index (χ2v) is 7.06. The van der Waals surface area contributed by atoms with Crippen LogP contribution in [0.4, 0.5) is 0 Å². The number of fused-ring (bicyclic) bond motifs is 2. The third-order valence-electron chi connectivity index (χ3n) is 5.16. The van der Waals surface area contributed by atoms with Gasteiger partial charge in [-0.2, -0.15) is 4.98 Å². The van der Waals surface area contributed by atoms with Crippen LogP contribution in [-0.4, -0.2) is 30.4 Å². The molecule has 28 heavy (non-hydrogen) atoms. The SMILES string of the molecule is O=c1n(Cc2noc(CCC3Cc4ccccc4CN3)n2)nc2ccccn12. The number of rotatable bonds is 5. The van der Waals surface area contributed by atoms with Crippen molar-refractivity contribution in [3.8, 4) is 0 Å². The van der Waals surface area contributed by atoms with Crippen molar-refractivity contribution >= 4 is 5.65 Å². The van der Waals surface area contributed by atoms with E-state index in [0.29, 0.717) is 29.8 Å². The first-order valence-electron chi connectivity index (χ1n) is 9.42. The van der Waals surface area contributed by atoms with Gasteiger partial charge in [0.05, 0.1) is 0 Å². The highest BCUT2D eigenvalue weighted by atomic mass is 16.5. The van der Waals surface area contributed by atoms with Gasteiger partial charge in [0.1, 0.15) is 6.54 Å². The third-order valence-corrected chi connectivity index (χ3v) is 5.16. The van der Waals surface area contributed by atoms with Gasteiger partial charge in [-0.05, 0) is 36.1 Å². The number of benzene rings is 1. The quantitative estimate of drug-likeness (QED) is 0.569. The highest BCUT2D eigenvalue weighted by Gasteiger charge is 2.19. The summed E-state index contributed by atoms with van der Waals surface area (Å²) in [5.74, 6) is 1.05. The predicted molar refractivity (Wildman–Crippen MR) is 102 cm³/mol. The number of nitrogens with zero attached hydrogens (tertiary/aromatic N) is 5. The Balaban J connectivity index is 1.23. The van der Waals surface area contributed by atoms with E-state index in [2.05, 4.69) is 44.8 Å². The molecule has 0 spiro atoms. The van der Waals surface area contributed by atoms with Gasteiger partial charge in [-0.1, -0.05) is 35.5 Å². The molecule has 1 atom stereocenters. The minimum atomic E-state index is -0.216. The zero-order chi connectivity index (χ0) is 18.9. The zero-order valence-electron chi connectivity index (χ0n) is 15.3. The minimum Gasteiger partial charge on any atom is -0.339 e. The molecule has 142 valence electrons. The molecule has 1 aliphatic heterocycles. The first kappa shape index (κ1) is 16.9. The highest BCUT2D eigenvalue weighted by Crippen LogP contribution is 2.18. The van der Waals surface area contributed by atoms with E-state index in [1.807, 2.05) is 6.07 Å². The number of aryl methyl sites for hydroxylation is 1. The summed E-state index contributed by atoms with van der Waals surface area (Å²) in [6, 6.07) is 14.4. The Bertz CT molecular complexity index is 1170. The Kier molecular flexibility index (Phi) is 4.25. The first-order valence-corrected chi connectivity index (χ1v) is 9.42. The van der Waals surface area contributed by atoms with Gasteiger partial charge in [-0.3, -0.25) is 4.40 Å². The topological polar surface area (TPSA) is 90.2 Å². The maximum atomic E-state index is 12.3. The van der Waals surface area contributed by atoms with Crippen LogP contribution in [0.15, 0.2) is 58.0 Å². The van der Waals surface area contributed by atoms with Crippen LogP contribution < -0.4 is 11.0 Å². The summed E-state index contributed by atoms with van der Waals surface area (Å²) in [6.45, 7) is 1.09. The predicted octanol–water partition coefficient (Wildman–Crippen LogP) is 1.57. The summed E-state index contributed by atoms with van der Waals surface area (Å²) in [6.07, 6.45) is 4.32. The van der Waals surface area contributed by atoms with Gasteiger partial charge < -0.3 is 9.84 Å². The maximum absolute atomic E-state index is 12.3. The summed E-state index contributed by atoms with van der Waals surface area (Å²) < 4.78 is 8.22. The zero-order valence-corrected chi connectivity index (χ0v) is 15.3. The molecule has 4 aromatic rings. The van der Waals surface area contributed by atoms with Crippen LogP contribution in [0.3, 0.4) is 0 Å². The lowest BCUT2D eigenvalue weighted by atomic mass is 9.93. The molecule has 3 aromatic heterocycles. The normalized spacial score (nSPS) is 16.4. The average Bonchev–Trinajstić information content (AvgIpc) is 3.31. The van der Waals surface area contributed by atoms with E-state index in [1.165, 1.54) is 20.2 Å². The van der Waals surface area contributed by atoms with Gasteiger partial charge in [0.25, 0.3) is 0 Å². The fraction of sp³-hybridized carbons (Fsp3) is 0.300. The van der Waals surface area contributed by atoms with Crippen LogP contribution in [0.2, 0.25) is 0 Å². The Labute approximate surface area is 160 Å². The molecule has 1 unspecified atom stereocenters. The molecular formula is C20H20N6O2. The Morgan fingerprint density at radius 3 is 2.89 bits per heavy atom. The Morgan fingerprint density at radius 2 is 2.00 bits per heavy atom. The number of nitrogens with one attached hydrogen (secondary N) is 1. The molecule has 8 nitrogen and oxygen atoms in total. The van der Waals surface area contributed by atoms with Crippen molar-refractivity contribution in [1.82, 2.24) is 29.6 Å². The average molecular weight is 376 g/mol. The van der Waals surface area contributed by atoms with Gasteiger partial charge in [-0.15, -0.1) is 5.10 Å². The molecule has 0 fully saturated rings. The Hall–Kier alpha value is -3.26. The van der Waals surface area contributed by atoms with E-state index in [1.54, 1.807) is 18.3 Å². The molecule has 1 aromatic carbocycles. The van der Waals surface area contributed by atoms with E-state index in [0.717, 1.165) is 19.4 Å². The first-order chi connectivity index (χ1) is 13.8. The largest absolute Gasteiger partial charge is 0.350 e. The number of hydrogen-bond donors (Lipinski definition) is 1. The van der Waals surface area contributed by atoms with Gasteiger partial charge in [0, 0.05) is 25.2 Å². The minimum absolute atomic E-state index is 0.194. The molecule has 5 rings (SSSR count). The molecule has 1 aliphatic rings. The number of pyridine rings is 1. The lowest BCUT2D eigenvalue weighted by Crippen LogP contribution is -2.35. The monoisotopic (exact) mass is 376 g/mol. The summed E-state index contributed by atoms with van der Waals surface area (Å²) >= 11 is 0.